The summed E-state index contributed by atoms with van der Waals surface area (Å²) in [4.78, 5) is 4.82. The molecule has 7 heteroatoms. The molecule has 1 aromatic carbocycles. The summed E-state index contributed by atoms with van der Waals surface area (Å²) in [5, 5.41) is 8.89. The fourth-order valence-electron chi connectivity index (χ4n) is 4.62. The Morgan fingerprint density at radius 3 is 2.68 bits per heavy atom. The molecule has 0 bridgehead atoms. The van der Waals surface area contributed by atoms with E-state index in [4.69, 9.17) is 16.0 Å². The molecular formula is C21H28ClFN4O. The van der Waals surface area contributed by atoms with Gasteiger partial charge in [-0.05, 0) is 56.1 Å². The molecule has 3 heterocycles. The van der Waals surface area contributed by atoms with Crippen LogP contribution in [0.2, 0.25) is 5.02 Å². The lowest BCUT2D eigenvalue weighted by Crippen LogP contribution is -2.42. The highest BCUT2D eigenvalue weighted by molar-refractivity contribution is 6.30. The first-order valence-electron chi connectivity index (χ1n) is 10.0. The molecule has 2 aliphatic rings. The fraction of sp³-hybridized carbons (Fsp3) is 0.619. The maximum absolute atomic E-state index is 13.5. The van der Waals surface area contributed by atoms with Gasteiger partial charge in [0, 0.05) is 25.6 Å². The summed E-state index contributed by atoms with van der Waals surface area (Å²) in [6.07, 6.45) is 2.24. The van der Waals surface area contributed by atoms with E-state index < -0.39 is 0 Å². The van der Waals surface area contributed by atoms with Crippen LogP contribution in [-0.2, 0) is 6.54 Å². The highest BCUT2D eigenvalue weighted by Crippen LogP contribution is 2.49. The number of rotatable bonds is 4. The molecule has 2 fully saturated rings. The van der Waals surface area contributed by atoms with Crippen LogP contribution >= 0.6 is 11.6 Å². The van der Waals surface area contributed by atoms with Crippen LogP contribution in [-0.4, -0.2) is 53.2 Å². The Hall–Kier alpha value is -1.50. The molecule has 28 heavy (non-hydrogen) atoms. The molecule has 1 atom stereocenters. The van der Waals surface area contributed by atoms with E-state index in [0.717, 1.165) is 57.0 Å². The van der Waals surface area contributed by atoms with E-state index >= 15 is 0 Å². The minimum atomic E-state index is -0.372. The third-order valence-corrected chi connectivity index (χ3v) is 6.63. The number of hydrogen-bond donors (Lipinski definition) is 0. The summed E-state index contributed by atoms with van der Waals surface area (Å²) in [5.74, 6) is 1.57. The number of aromatic nitrogens is 2. The van der Waals surface area contributed by atoms with Gasteiger partial charge in [0.25, 0.3) is 0 Å². The van der Waals surface area contributed by atoms with Gasteiger partial charge in [0.1, 0.15) is 5.82 Å². The van der Waals surface area contributed by atoms with Gasteiger partial charge in [-0.15, -0.1) is 10.2 Å². The molecule has 4 rings (SSSR count). The highest BCUT2D eigenvalue weighted by Gasteiger charge is 2.50. The van der Waals surface area contributed by atoms with Gasteiger partial charge >= 0.3 is 0 Å². The Morgan fingerprint density at radius 2 is 2.04 bits per heavy atom. The first-order valence-corrected chi connectivity index (χ1v) is 10.4. The monoisotopic (exact) mass is 406 g/mol. The summed E-state index contributed by atoms with van der Waals surface area (Å²) in [6, 6.07) is 5.00. The average Bonchev–Trinajstić information content (AvgIpc) is 3.26. The number of benzene rings is 1. The predicted octanol–water partition coefficient (Wildman–Crippen LogP) is 4.30. The molecular weight excluding hydrogens is 379 g/mol. The largest absolute Gasteiger partial charge is 0.425 e. The second kappa shape index (κ2) is 7.73. The van der Waals surface area contributed by atoms with E-state index in [-0.39, 0.29) is 28.1 Å². The Morgan fingerprint density at radius 1 is 1.29 bits per heavy atom. The molecule has 1 spiro atoms. The minimum Gasteiger partial charge on any atom is -0.425 e. The van der Waals surface area contributed by atoms with Crippen LogP contribution in [0.4, 0.5) is 4.39 Å². The molecule has 0 saturated carbocycles. The van der Waals surface area contributed by atoms with Crippen molar-refractivity contribution in [3.05, 3.63) is 46.4 Å². The minimum absolute atomic E-state index is 0.150. The summed E-state index contributed by atoms with van der Waals surface area (Å²) >= 11 is 5.98. The second-order valence-electron chi connectivity index (χ2n) is 8.77. The van der Waals surface area contributed by atoms with E-state index in [9.17, 15) is 4.39 Å². The van der Waals surface area contributed by atoms with Crippen LogP contribution in [0.5, 0.6) is 0 Å². The van der Waals surface area contributed by atoms with Crippen LogP contribution in [0.3, 0.4) is 0 Å². The third-order valence-electron chi connectivity index (χ3n) is 6.34. The molecule has 2 aliphatic heterocycles. The summed E-state index contributed by atoms with van der Waals surface area (Å²) in [7, 11) is 2.18. The lowest BCUT2D eigenvalue weighted by atomic mass is 9.71. The van der Waals surface area contributed by atoms with Crippen LogP contribution in [0, 0.1) is 11.2 Å². The number of halogens is 2. The normalized spacial score (nSPS) is 23.1. The lowest BCUT2D eigenvalue weighted by molar-refractivity contribution is 0.105. The van der Waals surface area contributed by atoms with Gasteiger partial charge in [-0.1, -0.05) is 31.5 Å². The van der Waals surface area contributed by atoms with Crippen molar-refractivity contribution in [2.24, 2.45) is 5.41 Å². The SMILES string of the molecule is CC(C)c1nnc(C2CN(Cc3ccc(F)c(Cl)c3)CC23CCN(C)CC3)o1. The topological polar surface area (TPSA) is 45.4 Å². The van der Waals surface area contributed by atoms with Gasteiger partial charge in [0.2, 0.25) is 11.8 Å². The molecule has 0 radical (unpaired) electrons. The number of piperidine rings is 1. The molecule has 1 aromatic heterocycles. The number of likely N-dealkylation sites (tertiary alicyclic amines) is 2. The molecule has 1 unspecified atom stereocenters. The summed E-state index contributed by atoms with van der Waals surface area (Å²) < 4.78 is 19.6. The quantitative estimate of drug-likeness (QED) is 0.757. The van der Waals surface area contributed by atoms with Crippen LogP contribution in [0.1, 0.15) is 55.9 Å². The Labute approximate surface area is 170 Å². The van der Waals surface area contributed by atoms with E-state index in [1.54, 1.807) is 6.07 Å². The Kier molecular flexibility index (Phi) is 5.47. The first-order chi connectivity index (χ1) is 13.4. The van der Waals surface area contributed by atoms with Crippen molar-refractivity contribution in [1.82, 2.24) is 20.0 Å². The fourth-order valence-corrected chi connectivity index (χ4v) is 4.82. The van der Waals surface area contributed by atoms with Crippen molar-refractivity contribution in [1.29, 1.82) is 0 Å². The van der Waals surface area contributed by atoms with E-state index in [0.29, 0.717) is 5.89 Å². The molecule has 2 aromatic rings. The predicted molar refractivity (Wildman–Crippen MR) is 107 cm³/mol. The maximum atomic E-state index is 13.5. The van der Waals surface area contributed by atoms with Crippen molar-refractivity contribution in [2.75, 3.05) is 33.2 Å². The van der Waals surface area contributed by atoms with Gasteiger partial charge in [-0.3, -0.25) is 4.90 Å². The van der Waals surface area contributed by atoms with E-state index in [1.165, 1.54) is 6.07 Å². The zero-order valence-corrected chi connectivity index (χ0v) is 17.5. The van der Waals surface area contributed by atoms with E-state index in [2.05, 4.69) is 40.9 Å². The summed E-state index contributed by atoms with van der Waals surface area (Å²) in [5.41, 5.74) is 1.18. The number of hydrogen-bond acceptors (Lipinski definition) is 5. The third kappa shape index (κ3) is 3.82. The molecule has 0 aliphatic carbocycles. The van der Waals surface area contributed by atoms with Gasteiger partial charge in [0.15, 0.2) is 0 Å². The zero-order chi connectivity index (χ0) is 19.9. The molecule has 152 valence electrons. The van der Waals surface area contributed by atoms with Crippen LogP contribution in [0.25, 0.3) is 0 Å². The van der Waals surface area contributed by atoms with E-state index in [1.807, 2.05) is 6.07 Å². The van der Waals surface area contributed by atoms with Crippen LogP contribution in [0.15, 0.2) is 22.6 Å². The van der Waals surface area contributed by atoms with Crippen molar-refractivity contribution in [2.45, 2.75) is 45.1 Å². The highest BCUT2D eigenvalue weighted by atomic mass is 35.5. The summed E-state index contributed by atoms with van der Waals surface area (Å²) in [6.45, 7) is 8.91. The number of nitrogens with zero attached hydrogens (tertiary/aromatic N) is 4. The van der Waals surface area contributed by atoms with Crippen molar-refractivity contribution >= 4 is 11.6 Å². The van der Waals surface area contributed by atoms with Gasteiger partial charge in [0.05, 0.1) is 10.9 Å². The average molecular weight is 407 g/mol. The van der Waals surface area contributed by atoms with Gasteiger partial charge < -0.3 is 9.32 Å². The molecule has 5 nitrogen and oxygen atoms in total. The lowest BCUT2D eigenvalue weighted by Gasteiger charge is -2.40. The Balaban J connectivity index is 1.58. The molecule has 0 amide bonds. The Bertz CT molecular complexity index is 832. The molecule has 2 saturated heterocycles. The smallest absolute Gasteiger partial charge is 0.221 e. The van der Waals surface area contributed by atoms with Gasteiger partial charge in [-0.2, -0.15) is 0 Å². The van der Waals surface area contributed by atoms with Crippen LogP contribution < -0.4 is 0 Å². The maximum Gasteiger partial charge on any atom is 0.221 e. The van der Waals surface area contributed by atoms with Gasteiger partial charge in [-0.25, -0.2) is 4.39 Å². The first kappa shape index (κ1) is 19.8. The van der Waals surface area contributed by atoms with Crippen molar-refractivity contribution in [3.63, 3.8) is 0 Å². The molecule has 0 N–H and O–H groups in total. The van der Waals surface area contributed by atoms with Crippen molar-refractivity contribution in [3.8, 4) is 0 Å². The standard InChI is InChI=1S/C21H28ClFN4O/c1-14(2)19-24-25-20(28-19)16-12-27(11-15-4-5-18(23)17(22)10-15)13-21(16)6-8-26(3)9-7-21/h4-5,10,14,16H,6-9,11-13H2,1-3H3. The van der Waals surface area contributed by atoms with Crippen molar-refractivity contribution < 1.29 is 8.81 Å². The second-order valence-corrected chi connectivity index (χ2v) is 9.18. The zero-order valence-electron chi connectivity index (χ0n) is 16.8.